The van der Waals surface area contributed by atoms with Gasteiger partial charge in [0.05, 0.1) is 5.69 Å². The van der Waals surface area contributed by atoms with E-state index < -0.39 is 15.0 Å². The molecule has 0 radical (unpaired) electrons. The number of nitrogens with two attached hydrogens (primary N) is 1. The standard InChI is InChI=1S/C7H7NO4S/c8-6-3-5(4-9)1-2-7(6)13(10,11)12/h1-4H,8H2,(H,10,11,12). The Hall–Kier alpha value is -1.40. The molecule has 0 aromatic heterocycles. The lowest BCUT2D eigenvalue weighted by Gasteiger charge is -2.01. The second-order valence-corrected chi connectivity index (χ2v) is 3.78. The van der Waals surface area contributed by atoms with Crippen molar-refractivity contribution < 1.29 is 17.8 Å². The van der Waals surface area contributed by atoms with Crippen molar-refractivity contribution in [3.05, 3.63) is 23.8 Å². The molecule has 0 saturated heterocycles. The molecular weight excluding hydrogens is 194 g/mol. The minimum Gasteiger partial charge on any atom is -0.398 e. The van der Waals surface area contributed by atoms with Gasteiger partial charge >= 0.3 is 0 Å². The van der Waals surface area contributed by atoms with Crippen molar-refractivity contribution in [1.82, 2.24) is 0 Å². The van der Waals surface area contributed by atoms with Crippen LogP contribution >= 0.6 is 0 Å². The normalized spacial score (nSPS) is 11.2. The van der Waals surface area contributed by atoms with E-state index in [1.807, 2.05) is 0 Å². The number of rotatable bonds is 2. The Bertz CT molecular complexity index is 438. The molecular formula is C7H7NO4S. The maximum atomic E-state index is 10.6. The molecule has 0 spiro atoms. The van der Waals surface area contributed by atoms with E-state index >= 15 is 0 Å². The minimum absolute atomic E-state index is 0.146. The Morgan fingerprint density at radius 3 is 2.38 bits per heavy atom. The van der Waals surface area contributed by atoms with E-state index in [0.717, 1.165) is 6.07 Å². The molecule has 1 aromatic carbocycles. The van der Waals surface area contributed by atoms with Gasteiger partial charge in [-0.3, -0.25) is 9.35 Å². The highest BCUT2D eigenvalue weighted by Gasteiger charge is 2.13. The Kier molecular flexibility index (Phi) is 2.35. The molecule has 0 aliphatic carbocycles. The van der Waals surface area contributed by atoms with Gasteiger partial charge in [0, 0.05) is 5.56 Å². The van der Waals surface area contributed by atoms with Gasteiger partial charge in [-0.25, -0.2) is 0 Å². The van der Waals surface area contributed by atoms with Crippen LogP contribution < -0.4 is 5.73 Å². The molecule has 3 N–H and O–H groups in total. The maximum absolute atomic E-state index is 10.6. The van der Waals surface area contributed by atoms with E-state index in [0.29, 0.717) is 6.29 Å². The molecule has 1 aromatic rings. The summed E-state index contributed by atoms with van der Waals surface area (Å²) in [6, 6.07) is 3.51. The highest BCUT2D eigenvalue weighted by molar-refractivity contribution is 7.86. The summed E-state index contributed by atoms with van der Waals surface area (Å²) in [6.07, 6.45) is 0.532. The number of hydrogen-bond donors (Lipinski definition) is 2. The largest absolute Gasteiger partial charge is 0.398 e. The molecule has 13 heavy (non-hydrogen) atoms. The summed E-state index contributed by atoms with van der Waals surface area (Å²) in [7, 11) is -4.30. The van der Waals surface area contributed by atoms with Crippen molar-refractivity contribution in [3.63, 3.8) is 0 Å². The van der Waals surface area contributed by atoms with Gasteiger partial charge in [0.15, 0.2) is 0 Å². The third-order valence-corrected chi connectivity index (χ3v) is 2.38. The molecule has 0 bridgehead atoms. The average Bonchev–Trinajstić information content (AvgIpc) is 2.01. The smallest absolute Gasteiger partial charge is 0.296 e. The molecule has 0 unspecified atom stereocenters. The first-order chi connectivity index (χ1) is 5.95. The van der Waals surface area contributed by atoms with E-state index in [1.54, 1.807) is 0 Å². The Morgan fingerprint density at radius 2 is 2.00 bits per heavy atom. The Morgan fingerprint density at radius 1 is 1.38 bits per heavy atom. The van der Waals surface area contributed by atoms with Gasteiger partial charge in [-0.15, -0.1) is 0 Å². The predicted octanol–water partition coefficient (Wildman–Crippen LogP) is 0.328. The fourth-order valence-electron chi connectivity index (χ4n) is 0.875. The van der Waals surface area contributed by atoms with Gasteiger partial charge in [0.2, 0.25) is 0 Å². The van der Waals surface area contributed by atoms with Crippen LogP contribution in [0.3, 0.4) is 0 Å². The van der Waals surface area contributed by atoms with Crippen LogP contribution in [0.5, 0.6) is 0 Å². The number of aldehydes is 1. The average molecular weight is 201 g/mol. The van der Waals surface area contributed by atoms with E-state index in [9.17, 15) is 13.2 Å². The van der Waals surface area contributed by atoms with E-state index in [1.165, 1.54) is 12.1 Å². The summed E-state index contributed by atoms with van der Waals surface area (Å²) in [6.45, 7) is 0. The van der Waals surface area contributed by atoms with E-state index in [2.05, 4.69) is 0 Å². The van der Waals surface area contributed by atoms with E-state index in [-0.39, 0.29) is 11.3 Å². The zero-order valence-electron chi connectivity index (χ0n) is 6.47. The molecule has 5 nitrogen and oxygen atoms in total. The lowest BCUT2D eigenvalue weighted by atomic mass is 10.2. The number of benzene rings is 1. The summed E-state index contributed by atoms with van der Waals surface area (Å²) < 4.78 is 29.9. The van der Waals surface area contributed by atoms with Crippen LogP contribution in [0.15, 0.2) is 23.1 Å². The van der Waals surface area contributed by atoms with Crippen molar-refractivity contribution in [2.75, 3.05) is 5.73 Å². The van der Waals surface area contributed by atoms with Crippen molar-refractivity contribution in [1.29, 1.82) is 0 Å². The maximum Gasteiger partial charge on any atom is 0.296 e. The molecule has 0 saturated carbocycles. The van der Waals surface area contributed by atoms with Gasteiger partial charge in [-0.1, -0.05) is 6.07 Å². The minimum atomic E-state index is -4.30. The summed E-state index contributed by atoms with van der Waals surface area (Å²) in [5.41, 5.74) is 5.39. The van der Waals surface area contributed by atoms with Gasteiger partial charge < -0.3 is 5.73 Å². The molecule has 0 aliphatic heterocycles. The fourth-order valence-corrected chi connectivity index (χ4v) is 1.47. The summed E-state index contributed by atoms with van der Waals surface area (Å²) in [5.74, 6) is 0. The number of nitrogen functional groups attached to an aromatic ring is 1. The van der Waals surface area contributed by atoms with Crippen LogP contribution in [0.4, 0.5) is 5.69 Å². The summed E-state index contributed by atoms with van der Waals surface area (Å²) >= 11 is 0. The van der Waals surface area contributed by atoms with Gasteiger partial charge in [-0.05, 0) is 12.1 Å². The molecule has 0 atom stereocenters. The quantitative estimate of drug-likeness (QED) is 0.408. The van der Waals surface area contributed by atoms with Crippen LogP contribution in [-0.4, -0.2) is 19.3 Å². The summed E-state index contributed by atoms with van der Waals surface area (Å²) in [5, 5.41) is 0. The van der Waals surface area contributed by atoms with Crippen LogP contribution in [0.25, 0.3) is 0 Å². The number of anilines is 1. The SMILES string of the molecule is Nc1cc(C=O)ccc1S(=O)(=O)O. The second-order valence-electron chi connectivity index (χ2n) is 2.39. The first-order valence-corrected chi connectivity index (χ1v) is 4.71. The summed E-state index contributed by atoms with van der Waals surface area (Å²) in [4.78, 5) is 9.86. The third kappa shape index (κ3) is 2.04. The van der Waals surface area contributed by atoms with Crippen LogP contribution in [-0.2, 0) is 10.1 Å². The molecule has 0 amide bonds. The van der Waals surface area contributed by atoms with Crippen molar-refractivity contribution in [2.24, 2.45) is 0 Å². The lowest BCUT2D eigenvalue weighted by molar-refractivity contribution is 0.112. The van der Waals surface area contributed by atoms with Crippen LogP contribution in [0.1, 0.15) is 10.4 Å². The third-order valence-electron chi connectivity index (χ3n) is 1.45. The predicted molar refractivity (Wildman–Crippen MR) is 46.1 cm³/mol. The van der Waals surface area contributed by atoms with Gasteiger partial charge in [0.25, 0.3) is 10.1 Å². The first kappa shape index (κ1) is 9.69. The topological polar surface area (TPSA) is 97.5 Å². The molecule has 0 fully saturated rings. The molecule has 70 valence electrons. The highest BCUT2D eigenvalue weighted by Crippen LogP contribution is 2.18. The Balaban J connectivity index is 3.37. The first-order valence-electron chi connectivity index (χ1n) is 3.27. The van der Waals surface area contributed by atoms with Crippen LogP contribution in [0.2, 0.25) is 0 Å². The van der Waals surface area contributed by atoms with Crippen molar-refractivity contribution in [3.8, 4) is 0 Å². The fraction of sp³-hybridized carbons (Fsp3) is 0. The second kappa shape index (κ2) is 3.15. The molecule has 0 aliphatic rings. The van der Waals surface area contributed by atoms with Crippen LogP contribution in [0, 0.1) is 0 Å². The van der Waals surface area contributed by atoms with Crippen molar-refractivity contribution >= 4 is 22.1 Å². The zero-order chi connectivity index (χ0) is 10.1. The number of carbonyl (C=O) groups is 1. The number of hydrogen-bond acceptors (Lipinski definition) is 4. The highest BCUT2D eigenvalue weighted by atomic mass is 32.2. The molecule has 1 rings (SSSR count). The Labute approximate surface area is 74.9 Å². The molecule has 6 heteroatoms. The monoisotopic (exact) mass is 201 g/mol. The number of carbonyl (C=O) groups excluding carboxylic acids is 1. The zero-order valence-corrected chi connectivity index (χ0v) is 7.28. The van der Waals surface area contributed by atoms with E-state index in [4.69, 9.17) is 10.3 Å². The van der Waals surface area contributed by atoms with Gasteiger partial charge in [-0.2, -0.15) is 8.42 Å². The lowest BCUT2D eigenvalue weighted by Crippen LogP contribution is -2.03. The van der Waals surface area contributed by atoms with Gasteiger partial charge in [0.1, 0.15) is 11.2 Å². The van der Waals surface area contributed by atoms with Crippen molar-refractivity contribution in [2.45, 2.75) is 4.90 Å². The molecule has 0 heterocycles.